The van der Waals surface area contributed by atoms with Crippen molar-refractivity contribution in [2.45, 2.75) is 63.0 Å². The smallest absolute Gasteiger partial charge is 0.407 e. The van der Waals surface area contributed by atoms with Crippen molar-refractivity contribution in [1.82, 2.24) is 16.0 Å². The Kier molecular flexibility index (Phi) is 9.61. The summed E-state index contributed by atoms with van der Waals surface area (Å²) in [5.74, 6) is -4.00. The van der Waals surface area contributed by atoms with Gasteiger partial charge < -0.3 is 15.7 Å². The number of amides is 2. The predicted molar refractivity (Wildman–Crippen MR) is 132 cm³/mol. The second-order valence-corrected chi connectivity index (χ2v) is 9.75. The molecule has 38 heavy (non-hydrogen) atoms. The van der Waals surface area contributed by atoms with E-state index in [2.05, 4.69) is 16.0 Å². The maximum atomic E-state index is 14.1. The van der Waals surface area contributed by atoms with E-state index in [4.69, 9.17) is 23.2 Å². The zero-order chi connectivity index (χ0) is 28.2. The molecule has 13 heteroatoms. The van der Waals surface area contributed by atoms with Crippen LogP contribution in [0.5, 0.6) is 5.75 Å². The van der Waals surface area contributed by atoms with Crippen molar-refractivity contribution in [2.24, 2.45) is 0 Å². The standard InChI is InChI=1S/C25H25Cl2F4N3O4/c1-2-18(21(36)24(38)32-15-7-8-15)34-23(37)19(11-12-9-16(26)20(35)17(27)10-12)33-22(25(29,30)31)13-3-5-14(28)6-4-13/h3-6,9-10,15,18-19,22,33,35H,2,7-8,11H2,1H3,(H,32,38)(H,34,37). The molecule has 0 bridgehead atoms. The fourth-order valence-electron chi connectivity index (χ4n) is 3.70. The van der Waals surface area contributed by atoms with Gasteiger partial charge in [0.1, 0.15) is 11.9 Å². The van der Waals surface area contributed by atoms with Crippen LogP contribution in [0.4, 0.5) is 17.6 Å². The fourth-order valence-corrected chi connectivity index (χ4v) is 4.23. The molecule has 0 aromatic heterocycles. The summed E-state index contributed by atoms with van der Waals surface area (Å²) in [6.07, 6.45) is -3.82. The molecule has 1 aliphatic rings. The van der Waals surface area contributed by atoms with Crippen molar-refractivity contribution in [3.63, 3.8) is 0 Å². The molecule has 3 atom stereocenters. The number of benzene rings is 2. The minimum absolute atomic E-state index is 0.00685. The summed E-state index contributed by atoms with van der Waals surface area (Å²) in [6.45, 7) is 1.53. The number of Topliss-reactive ketones (excluding diaryl/α,β-unsaturated/α-hetero) is 1. The van der Waals surface area contributed by atoms with E-state index in [1.807, 2.05) is 0 Å². The lowest BCUT2D eigenvalue weighted by molar-refractivity contribution is -0.161. The molecule has 2 amide bonds. The normalized spacial score (nSPS) is 15.9. The van der Waals surface area contributed by atoms with Gasteiger partial charge in [0.05, 0.1) is 22.1 Å². The summed E-state index contributed by atoms with van der Waals surface area (Å²) >= 11 is 11.9. The Morgan fingerprint density at radius 2 is 1.63 bits per heavy atom. The number of rotatable bonds is 11. The number of hydrogen-bond acceptors (Lipinski definition) is 5. The molecule has 0 aliphatic heterocycles. The first kappa shape index (κ1) is 29.7. The lowest BCUT2D eigenvalue weighted by Crippen LogP contribution is -2.55. The highest BCUT2D eigenvalue weighted by atomic mass is 35.5. The Hall–Kier alpha value is -2.89. The number of carbonyl (C=O) groups excluding carboxylic acids is 3. The SMILES string of the molecule is CCC(NC(=O)C(Cc1cc(Cl)c(O)c(Cl)c1)NC(c1ccc(F)cc1)C(F)(F)F)C(=O)C(=O)NC1CC1. The van der Waals surface area contributed by atoms with Crippen molar-refractivity contribution < 1.29 is 37.1 Å². The van der Waals surface area contributed by atoms with Crippen molar-refractivity contribution >= 4 is 40.8 Å². The minimum Gasteiger partial charge on any atom is -0.505 e. The quantitative estimate of drug-likeness (QED) is 0.234. The summed E-state index contributed by atoms with van der Waals surface area (Å²) in [7, 11) is 0. The molecule has 7 nitrogen and oxygen atoms in total. The van der Waals surface area contributed by atoms with Crippen LogP contribution in [0.2, 0.25) is 10.0 Å². The molecular formula is C25H25Cl2F4N3O4. The molecule has 3 rings (SSSR count). The van der Waals surface area contributed by atoms with E-state index >= 15 is 0 Å². The van der Waals surface area contributed by atoms with E-state index < -0.39 is 59.9 Å². The topological polar surface area (TPSA) is 108 Å². The summed E-state index contributed by atoms with van der Waals surface area (Å²) < 4.78 is 55.6. The lowest BCUT2D eigenvalue weighted by atomic mass is 10.00. The minimum atomic E-state index is -4.90. The van der Waals surface area contributed by atoms with Crippen LogP contribution in [-0.2, 0) is 20.8 Å². The van der Waals surface area contributed by atoms with Crippen LogP contribution >= 0.6 is 23.2 Å². The van der Waals surface area contributed by atoms with Crippen LogP contribution in [0.25, 0.3) is 0 Å². The number of phenolic OH excluding ortho intramolecular Hbond substituents is 1. The maximum Gasteiger partial charge on any atom is 0.407 e. The van der Waals surface area contributed by atoms with Gasteiger partial charge in [-0.2, -0.15) is 13.2 Å². The molecule has 1 fully saturated rings. The van der Waals surface area contributed by atoms with Gasteiger partial charge in [-0.05, 0) is 61.1 Å². The molecule has 0 heterocycles. The van der Waals surface area contributed by atoms with Crippen LogP contribution in [0.1, 0.15) is 43.4 Å². The third-order valence-electron chi connectivity index (χ3n) is 5.91. The highest BCUT2D eigenvalue weighted by molar-refractivity contribution is 6.38. The second kappa shape index (κ2) is 12.3. The Morgan fingerprint density at radius 1 is 1.05 bits per heavy atom. The van der Waals surface area contributed by atoms with E-state index in [1.165, 1.54) is 19.1 Å². The predicted octanol–water partition coefficient (Wildman–Crippen LogP) is 4.38. The average molecular weight is 578 g/mol. The Balaban J connectivity index is 1.90. The number of aromatic hydroxyl groups is 1. The van der Waals surface area contributed by atoms with Gasteiger partial charge >= 0.3 is 6.18 Å². The van der Waals surface area contributed by atoms with Crippen molar-refractivity contribution in [3.05, 3.63) is 63.4 Å². The van der Waals surface area contributed by atoms with Gasteiger partial charge in [0, 0.05) is 6.04 Å². The molecule has 0 spiro atoms. The first-order valence-corrected chi connectivity index (χ1v) is 12.5. The molecular weight excluding hydrogens is 553 g/mol. The second-order valence-electron chi connectivity index (χ2n) is 8.94. The van der Waals surface area contributed by atoms with E-state index in [-0.39, 0.29) is 33.6 Å². The molecule has 1 aliphatic carbocycles. The van der Waals surface area contributed by atoms with E-state index in [1.54, 1.807) is 0 Å². The van der Waals surface area contributed by atoms with Crippen molar-refractivity contribution in [1.29, 1.82) is 0 Å². The van der Waals surface area contributed by atoms with Crippen molar-refractivity contribution in [3.8, 4) is 5.75 Å². The van der Waals surface area contributed by atoms with Crippen LogP contribution in [0, 0.1) is 5.82 Å². The zero-order valence-electron chi connectivity index (χ0n) is 20.0. The molecule has 4 N–H and O–H groups in total. The van der Waals surface area contributed by atoms with Crippen LogP contribution < -0.4 is 16.0 Å². The van der Waals surface area contributed by atoms with Crippen LogP contribution in [0.3, 0.4) is 0 Å². The van der Waals surface area contributed by atoms with E-state index in [9.17, 15) is 37.1 Å². The Morgan fingerprint density at radius 3 is 2.13 bits per heavy atom. The summed E-state index contributed by atoms with van der Waals surface area (Å²) in [4.78, 5) is 38.1. The average Bonchev–Trinajstić information content (AvgIpc) is 3.66. The van der Waals surface area contributed by atoms with Crippen LogP contribution in [-0.4, -0.2) is 47.0 Å². The maximum absolute atomic E-state index is 14.1. The molecule has 206 valence electrons. The molecule has 1 saturated carbocycles. The number of phenols is 1. The Bertz CT molecular complexity index is 1170. The van der Waals surface area contributed by atoms with Gasteiger partial charge in [-0.15, -0.1) is 0 Å². The third kappa shape index (κ3) is 7.81. The van der Waals surface area contributed by atoms with Gasteiger partial charge in [-0.25, -0.2) is 4.39 Å². The van der Waals surface area contributed by atoms with Crippen molar-refractivity contribution in [2.75, 3.05) is 0 Å². The number of alkyl halides is 3. The summed E-state index contributed by atoms with van der Waals surface area (Å²) in [6, 6.07) is 0.646. The summed E-state index contributed by atoms with van der Waals surface area (Å²) in [5, 5.41) is 16.6. The highest BCUT2D eigenvalue weighted by Crippen LogP contribution is 2.35. The van der Waals surface area contributed by atoms with Gasteiger partial charge in [0.15, 0.2) is 5.75 Å². The molecule has 2 aromatic rings. The Labute approximate surface area is 225 Å². The zero-order valence-corrected chi connectivity index (χ0v) is 21.6. The van der Waals surface area contributed by atoms with E-state index in [0.717, 1.165) is 37.1 Å². The number of halogens is 6. The summed E-state index contributed by atoms with van der Waals surface area (Å²) in [5.41, 5.74) is -0.151. The lowest BCUT2D eigenvalue weighted by Gasteiger charge is -2.28. The van der Waals surface area contributed by atoms with Gasteiger partial charge in [-0.3, -0.25) is 19.7 Å². The number of nitrogens with one attached hydrogen (secondary N) is 3. The number of carbonyl (C=O) groups is 3. The van der Waals surface area contributed by atoms with Gasteiger partial charge in [-0.1, -0.05) is 42.3 Å². The highest BCUT2D eigenvalue weighted by Gasteiger charge is 2.43. The molecule has 2 aromatic carbocycles. The molecule has 0 radical (unpaired) electrons. The monoisotopic (exact) mass is 577 g/mol. The van der Waals surface area contributed by atoms with E-state index in [0.29, 0.717) is 0 Å². The largest absolute Gasteiger partial charge is 0.505 e. The first-order valence-electron chi connectivity index (χ1n) is 11.7. The first-order chi connectivity index (χ1) is 17.8. The van der Waals surface area contributed by atoms with Crippen LogP contribution in [0.15, 0.2) is 36.4 Å². The third-order valence-corrected chi connectivity index (χ3v) is 6.49. The van der Waals surface area contributed by atoms with Gasteiger partial charge in [0.2, 0.25) is 11.7 Å². The molecule has 3 unspecified atom stereocenters. The van der Waals surface area contributed by atoms with Gasteiger partial charge in [0.25, 0.3) is 5.91 Å². The fraction of sp³-hybridized carbons (Fsp3) is 0.400. The molecule has 0 saturated heterocycles. The number of ketones is 1. The number of hydrogen-bond donors (Lipinski definition) is 4.